The van der Waals surface area contributed by atoms with Gasteiger partial charge in [0.25, 0.3) is 0 Å². The smallest absolute Gasteiger partial charge is 0.130 e. The molecule has 2 radical (unpaired) electrons. The summed E-state index contributed by atoms with van der Waals surface area (Å²) in [6, 6.07) is 2.90. The van der Waals surface area contributed by atoms with Crippen LogP contribution in [-0.4, -0.2) is 16.5 Å². The summed E-state index contributed by atoms with van der Waals surface area (Å²) in [5, 5.41) is 10.9. The van der Waals surface area contributed by atoms with E-state index in [2.05, 4.69) is 10.3 Å². The Bertz CT molecular complexity index is 235. The van der Waals surface area contributed by atoms with E-state index in [1.807, 2.05) is 0 Å². The summed E-state index contributed by atoms with van der Waals surface area (Å²) in [6.45, 7) is 0. The average Bonchev–Trinajstić information content (AvgIpc) is 1.95. The second-order valence-corrected chi connectivity index (χ2v) is 1.63. The summed E-state index contributed by atoms with van der Waals surface area (Å²) in [7, 11) is 0. The molecule has 0 bridgehead atoms. The van der Waals surface area contributed by atoms with Crippen LogP contribution < -0.4 is 5.32 Å². The van der Waals surface area contributed by atoms with Gasteiger partial charge in [0.2, 0.25) is 0 Å². The summed E-state index contributed by atoms with van der Waals surface area (Å²) < 4.78 is 0. The first kappa shape index (κ1) is 19.7. The molecule has 0 aliphatic rings. The molecule has 7 heteroatoms. The molecule has 4 nitrogen and oxygen atoms in total. The summed E-state index contributed by atoms with van der Waals surface area (Å²) in [4.78, 5) is 13.4. The van der Waals surface area contributed by atoms with Crippen molar-refractivity contribution in [3.05, 3.63) is 18.3 Å². The van der Waals surface area contributed by atoms with Gasteiger partial charge in [-0.25, -0.2) is 0 Å². The summed E-state index contributed by atoms with van der Waals surface area (Å²) in [5.41, 5.74) is 0. The second kappa shape index (κ2) is 11.2. The Morgan fingerprint density at radius 1 is 1.46 bits per heavy atom. The molecule has 0 fully saturated rings. The normalized spacial score (nSPS) is 6.77. The number of aromatic nitrogens is 1. The zero-order valence-electron chi connectivity index (χ0n) is 6.56. The number of nitrogens with zero attached hydrogens (tertiary/aromatic N) is 1. The third-order valence-corrected chi connectivity index (χ3v) is 0.927. The molecule has 1 heterocycles. The molecule has 0 saturated heterocycles. The SMILES string of the molecule is O=[C-]Nc1ccc(O)cn1.[U].[V].[Y]. The quantitative estimate of drug-likeness (QED) is 0.440. The number of carbonyl (C=O) groups excluding carboxylic acids is 1. The van der Waals surface area contributed by atoms with Crippen molar-refractivity contribution < 1.29 is 92.3 Å². The fourth-order valence-electron chi connectivity index (χ4n) is 0.512. The molecule has 0 atom stereocenters. The average molecular weight is 515 g/mol. The maximum absolute atomic E-state index is 9.72. The van der Waals surface area contributed by atoms with Crippen molar-refractivity contribution in [2.24, 2.45) is 0 Å². The van der Waals surface area contributed by atoms with Gasteiger partial charge in [-0.05, 0) is 11.9 Å². The number of nitrogens with one attached hydrogen (secondary N) is 1. The number of amides is 1. The molecule has 1 aromatic rings. The van der Waals surface area contributed by atoms with Gasteiger partial charge >= 0.3 is 0 Å². The van der Waals surface area contributed by atoms with Crippen LogP contribution >= 0.6 is 0 Å². The fraction of sp³-hybridized carbons (Fsp3) is 0. The Hall–Kier alpha value is 1.16. The van der Waals surface area contributed by atoms with Gasteiger partial charge in [-0.3, -0.25) is 0 Å². The predicted molar refractivity (Wildman–Crippen MR) is 35.2 cm³/mol. The van der Waals surface area contributed by atoms with Crippen LogP contribution in [0.5, 0.6) is 5.75 Å². The first-order valence-corrected chi connectivity index (χ1v) is 2.61. The Morgan fingerprint density at radius 2 is 2.08 bits per heavy atom. The third-order valence-electron chi connectivity index (χ3n) is 0.927. The minimum absolute atomic E-state index is 0. The Labute approximate surface area is 137 Å². The zero-order valence-corrected chi connectivity index (χ0v) is 15.0. The van der Waals surface area contributed by atoms with Crippen LogP contribution in [0.25, 0.3) is 0 Å². The molecule has 0 saturated carbocycles. The van der Waals surface area contributed by atoms with Crippen molar-refractivity contribution in [2.75, 3.05) is 5.32 Å². The van der Waals surface area contributed by atoms with Gasteiger partial charge in [-0.1, -0.05) is 6.07 Å². The van der Waals surface area contributed by atoms with E-state index in [9.17, 15) is 4.79 Å². The zero-order chi connectivity index (χ0) is 7.40. The van der Waals surface area contributed by atoms with E-state index < -0.39 is 0 Å². The van der Waals surface area contributed by atoms with Gasteiger partial charge in [-0.2, -0.15) is 0 Å². The molecule has 0 unspecified atom stereocenters. The monoisotopic (exact) mass is 515 g/mol. The molecular weight excluding hydrogens is 510 g/mol. The standard InChI is InChI=1S/C6H5N2O2.U.V.Y/c9-4-8-6-2-1-5(10)3-7-6;;;/h1-3,10H,(H,7,8,9);;;/q-1;;;. The van der Waals surface area contributed by atoms with E-state index in [1.165, 1.54) is 24.7 Å². The van der Waals surface area contributed by atoms with Crippen molar-refractivity contribution in [1.82, 2.24) is 4.98 Å². The molecule has 13 heavy (non-hydrogen) atoms. The van der Waals surface area contributed by atoms with Gasteiger partial charge in [-0.15, -0.1) is 0 Å². The maximum Gasteiger partial charge on any atom is 0.130 e. The number of hydrogen-bond acceptors (Lipinski definition) is 3. The molecular formula is C6H5N2O2UVY-. The molecule has 0 aliphatic carbocycles. The van der Waals surface area contributed by atoms with Crippen LogP contribution in [0.2, 0.25) is 0 Å². The van der Waals surface area contributed by atoms with E-state index in [-0.39, 0.29) is 88.1 Å². The summed E-state index contributed by atoms with van der Waals surface area (Å²) >= 11 is 0. The summed E-state index contributed by atoms with van der Waals surface area (Å²) in [5.74, 6) is 0.434. The van der Waals surface area contributed by atoms with Crippen molar-refractivity contribution in [1.29, 1.82) is 0 Å². The van der Waals surface area contributed by atoms with Crippen molar-refractivity contribution in [3.63, 3.8) is 0 Å². The molecule has 0 spiro atoms. The van der Waals surface area contributed by atoms with Crippen LogP contribution in [0.15, 0.2) is 18.3 Å². The minimum atomic E-state index is 0. The first-order valence-electron chi connectivity index (χ1n) is 2.61. The molecule has 0 aromatic carbocycles. The Balaban J connectivity index is -0.000000333. The first-order chi connectivity index (χ1) is 4.83. The molecule has 1 aromatic heterocycles. The van der Waals surface area contributed by atoms with Crippen LogP contribution in [0, 0.1) is 31.1 Å². The Morgan fingerprint density at radius 3 is 2.46 bits per heavy atom. The van der Waals surface area contributed by atoms with Crippen LogP contribution in [-0.2, 0) is 56.1 Å². The number of aromatic hydroxyl groups is 1. The van der Waals surface area contributed by atoms with Gasteiger partial charge in [0.15, 0.2) is 0 Å². The summed E-state index contributed by atoms with van der Waals surface area (Å²) in [6.07, 6.45) is 2.70. The number of anilines is 1. The van der Waals surface area contributed by atoms with E-state index in [0.29, 0.717) is 5.82 Å². The largest absolute Gasteiger partial charge is 0.506 e. The van der Waals surface area contributed by atoms with Crippen LogP contribution in [0.1, 0.15) is 0 Å². The molecule has 64 valence electrons. The minimum Gasteiger partial charge on any atom is -0.506 e. The van der Waals surface area contributed by atoms with E-state index in [4.69, 9.17) is 5.11 Å². The second-order valence-electron chi connectivity index (χ2n) is 1.63. The van der Waals surface area contributed by atoms with Gasteiger partial charge in [0, 0.05) is 88.6 Å². The molecule has 2 N–H and O–H groups in total. The molecule has 0 aliphatic heterocycles. The fourth-order valence-corrected chi connectivity index (χ4v) is 0.512. The van der Waals surface area contributed by atoms with Gasteiger partial charge < -0.3 is 20.2 Å². The predicted octanol–water partition coefficient (Wildman–Crippen LogP) is 0.261. The third kappa shape index (κ3) is 8.17. The van der Waals surface area contributed by atoms with Gasteiger partial charge in [0.1, 0.15) is 5.75 Å². The molecule has 1 amide bonds. The van der Waals surface area contributed by atoms with Crippen molar-refractivity contribution in [3.8, 4) is 5.75 Å². The number of rotatable bonds is 2. The number of pyridine rings is 1. The Kier molecular flexibility index (Phi) is 17.0. The van der Waals surface area contributed by atoms with Gasteiger partial charge in [0.05, 0.1) is 6.41 Å². The van der Waals surface area contributed by atoms with Crippen LogP contribution in [0.4, 0.5) is 5.82 Å². The number of hydrogen-bond donors (Lipinski definition) is 2. The molecule has 1 rings (SSSR count). The maximum atomic E-state index is 9.72. The van der Waals surface area contributed by atoms with Crippen LogP contribution in [0.3, 0.4) is 0 Å². The van der Waals surface area contributed by atoms with E-state index >= 15 is 0 Å². The van der Waals surface area contributed by atoms with E-state index in [0.717, 1.165) is 0 Å². The topological polar surface area (TPSA) is 62.2 Å². The van der Waals surface area contributed by atoms with Crippen molar-refractivity contribution >= 4 is 12.2 Å². The van der Waals surface area contributed by atoms with Crippen molar-refractivity contribution in [2.45, 2.75) is 0 Å². The van der Waals surface area contributed by atoms with E-state index in [1.54, 1.807) is 0 Å².